The summed E-state index contributed by atoms with van der Waals surface area (Å²) < 4.78 is 15.0. The molecule has 0 fully saturated rings. The molecule has 6 heteroatoms. The van der Waals surface area contributed by atoms with Crippen LogP contribution in [0.15, 0.2) is 18.2 Å². The third-order valence-electron chi connectivity index (χ3n) is 3.06. The molecule has 0 aromatic heterocycles. The van der Waals surface area contributed by atoms with Crippen molar-refractivity contribution in [1.82, 2.24) is 4.90 Å². The molecular formula is C15H23NO5. The summed E-state index contributed by atoms with van der Waals surface area (Å²) in [6.07, 6.45) is 0.725. The highest BCUT2D eigenvalue weighted by Gasteiger charge is 2.19. The van der Waals surface area contributed by atoms with E-state index in [2.05, 4.69) is 0 Å². The lowest BCUT2D eigenvalue weighted by Crippen LogP contribution is -2.35. The van der Waals surface area contributed by atoms with Crippen molar-refractivity contribution in [2.45, 2.75) is 6.42 Å². The maximum absolute atomic E-state index is 12.5. The van der Waals surface area contributed by atoms with Crippen LogP contribution in [0.2, 0.25) is 0 Å². The van der Waals surface area contributed by atoms with Crippen LogP contribution in [0.3, 0.4) is 0 Å². The van der Waals surface area contributed by atoms with E-state index in [1.807, 2.05) is 0 Å². The molecule has 0 aliphatic carbocycles. The third kappa shape index (κ3) is 5.24. The number of hydrogen-bond acceptors (Lipinski definition) is 5. The maximum atomic E-state index is 12.5. The molecule has 21 heavy (non-hydrogen) atoms. The van der Waals surface area contributed by atoms with E-state index in [9.17, 15) is 9.90 Å². The molecule has 6 nitrogen and oxygen atoms in total. The Balaban J connectivity index is 2.82. The second-order valence-corrected chi connectivity index (χ2v) is 4.51. The number of methoxy groups -OCH3 is 3. The first-order chi connectivity index (χ1) is 10.1. The van der Waals surface area contributed by atoms with Crippen LogP contribution in [0.25, 0.3) is 0 Å². The van der Waals surface area contributed by atoms with Crippen LogP contribution in [0.1, 0.15) is 16.8 Å². The zero-order valence-corrected chi connectivity index (χ0v) is 12.8. The summed E-state index contributed by atoms with van der Waals surface area (Å²) in [6, 6.07) is 4.64. The molecule has 0 aliphatic heterocycles. The van der Waals surface area contributed by atoms with Crippen molar-refractivity contribution >= 4 is 5.91 Å². The number of ether oxygens (including phenoxy) is 3. The summed E-state index contributed by atoms with van der Waals surface area (Å²) in [5, 5.41) is 9.96. The second-order valence-electron chi connectivity index (χ2n) is 4.51. The number of carbonyl (C=O) groups excluding carboxylic acids is 1. The van der Waals surface area contributed by atoms with Gasteiger partial charge in [-0.15, -0.1) is 0 Å². The molecule has 0 unspecified atom stereocenters. The minimum Gasteiger partial charge on any atom is -0.507 e. The fourth-order valence-corrected chi connectivity index (χ4v) is 1.91. The van der Waals surface area contributed by atoms with Gasteiger partial charge in [0.05, 0.1) is 19.3 Å². The van der Waals surface area contributed by atoms with E-state index in [1.165, 1.54) is 13.2 Å². The van der Waals surface area contributed by atoms with Crippen molar-refractivity contribution in [3.8, 4) is 11.5 Å². The van der Waals surface area contributed by atoms with Crippen LogP contribution >= 0.6 is 0 Å². The average Bonchev–Trinajstić information content (AvgIpc) is 2.50. The largest absolute Gasteiger partial charge is 0.507 e. The summed E-state index contributed by atoms with van der Waals surface area (Å²) in [7, 11) is 4.71. The first kappa shape index (κ1) is 17.3. The first-order valence-electron chi connectivity index (χ1n) is 6.78. The zero-order valence-electron chi connectivity index (χ0n) is 12.8. The quantitative estimate of drug-likeness (QED) is 0.700. The summed E-state index contributed by atoms with van der Waals surface area (Å²) >= 11 is 0. The van der Waals surface area contributed by atoms with Gasteiger partial charge in [-0.05, 0) is 18.6 Å². The molecule has 1 rings (SSSR count). The lowest BCUT2D eigenvalue weighted by atomic mass is 10.1. The Labute approximate surface area is 125 Å². The van der Waals surface area contributed by atoms with Crippen molar-refractivity contribution in [3.63, 3.8) is 0 Å². The van der Waals surface area contributed by atoms with Gasteiger partial charge in [-0.25, -0.2) is 0 Å². The van der Waals surface area contributed by atoms with Crippen LogP contribution in [-0.4, -0.2) is 63.5 Å². The van der Waals surface area contributed by atoms with E-state index in [-0.39, 0.29) is 17.2 Å². The normalized spacial score (nSPS) is 10.4. The molecule has 0 saturated carbocycles. The Hall–Kier alpha value is -1.79. The minimum atomic E-state index is -0.233. The summed E-state index contributed by atoms with van der Waals surface area (Å²) in [5.41, 5.74) is 0.254. The molecule has 1 aromatic rings. The highest BCUT2D eigenvalue weighted by molar-refractivity contribution is 5.97. The number of benzene rings is 1. The van der Waals surface area contributed by atoms with Gasteiger partial charge in [-0.3, -0.25) is 4.79 Å². The monoisotopic (exact) mass is 297 g/mol. The Bertz CT molecular complexity index is 450. The van der Waals surface area contributed by atoms with Crippen LogP contribution in [-0.2, 0) is 9.47 Å². The van der Waals surface area contributed by atoms with E-state index in [0.29, 0.717) is 32.1 Å². The van der Waals surface area contributed by atoms with E-state index in [1.54, 1.807) is 31.3 Å². The van der Waals surface area contributed by atoms with E-state index in [0.717, 1.165) is 6.42 Å². The number of carbonyl (C=O) groups is 1. The van der Waals surface area contributed by atoms with Crippen molar-refractivity contribution in [1.29, 1.82) is 0 Å². The standard InChI is InChI=1S/C15H23NO5/c1-19-9-4-7-16(8-10-20-2)15(18)13-6-5-12(21-3)11-14(13)17/h5-6,11,17H,4,7-10H2,1-3H3. The number of rotatable bonds is 9. The number of amides is 1. The van der Waals surface area contributed by atoms with Crippen molar-refractivity contribution in [2.24, 2.45) is 0 Å². The third-order valence-corrected chi connectivity index (χ3v) is 3.06. The Morgan fingerprint density at radius 3 is 2.43 bits per heavy atom. The SMILES string of the molecule is COCCCN(CCOC)C(=O)c1ccc(OC)cc1O. The van der Waals surface area contributed by atoms with Gasteiger partial charge in [0.1, 0.15) is 11.5 Å². The molecule has 1 N–H and O–H groups in total. The number of nitrogens with zero attached hydrogens (tertiary/aromatic N) is 1. The maximum Gasteiger partial charge on any atom is 0.257 e. The van der Waals surface area contributed by atoms with Crippen molar-refractivity contribution < 1.29 is 24.1 Å². The molecule has 0 atom stereocenters. The predicted molar refractivity (Wildman–Crippen MR) is 78.9 cm³/mol. The molecule has 0 heterocycles. The van der Waals surface area contributed by atoms with Gasteiger partial charge >= 0.3 is 0 Å². The Morgan fingerprint density at radius 2 is 1.86 bits per heavy atom. The fraction of sp³-hybridized carbons (Fsp3) is 0.533. The summed E-state index contributed by atoms with van der Waals surface area (Å²) in [6.45, 7) is 2.02. The molecule has 0 spiro atoms. The molecular weight excluding hydrogens is 274 g/mol. The topological polar surface area (TPSA) is 68.2 Å². The van der Waals surface area contributed by atoms with Crippen LogP contribution in [0, 0.1) is 0 Å². The average molecular weight is 297 g/mol. The van der Waals surface area contributed by atoms with E-state index < -0.39 is 0 Å². The molecule has 0 bridgehead atoms. The lowest BCUT2D eigenvalue weighted by Gasteiger charge is -2.23. The smallest absolute Gasteiger partial charge is 0.257 e. The van der Waals surface area contributed by atoms with E-state index >= 15 is 0 Å². The summed E-state index contributed by atoms with van der Waals surface area (Å²) in [5.74, 6) is 0.184. The molecule has 0 saturated heterocycles. The van der Waals surface area contributed by atoms with Gasteiger partial charge in [0.15, 0.2) is 0 Å². The molecule has 0 radical (unpaired) electrons. The Morgan fingerprint density at radius 1 is 1.14 bits per heavy atom. The predicted octanol–water partition coefficient (Wildman–Crippen LogP) is 1.53. The van der Waals surface area contributed by atoms with Crippen molar-refractivity contribution in [3.05, 3.63) is 23.8 Å². The molecule has 0 aliphatic rings. The minimum absolute atomic E-state index is 0.0893. The Kier molecular flexibility index (Phi) is 7.56. The zero-order chi connectivity index (χ0) is 15.7. The number of phenolic OH excluding ortho intramolecular Hbond substituents is 1. The second kappa shape index (κ2) is 9.20. The van der Waals surface area contributed by atoms with Gasteiger partial charge in [0.25, 0.3) is 5.91 Å². The van der Waals surface area contributed by atoms with Gasteiger partial charge in [-0.2, -0.15) is 0 Å². The van der Waals surface area contributed by atoms with Crippen LogP contribution in [0.4, 0.5) is 0 Å². The number of phenols is 1. The van der Waals surface area contributed by atoms with Crippen LogP contribution < -0.4 is 4.74 Å². The highest BCUT2D eigenvalue weighted by Crippen LogP contribution is 2.24. The van der Waals surface area contributed by atoms with E-state index in [4.69, 9.17) is 14.2 Å². The van der Waals surface area contributed by atoms with Crippen molar-refractivity contribution in [2.75, 3.05) is 47.6 Å². The van der Waals surface area contributed by atoms with Gasteiger partial charge in [0, 0.05) is 40.0 Å². The molecule has 118 valence electrons. The first-order valence-corrected chi connectivity index (χ1v) is 6.78. The van der Waals surface area contributed by atoms with Gasteiger partial charge < -0.3 is 24.2 Å². The highest BCUT2D eigenvalue weighted by atomic mass is 16.5. The molecule has 1 amide bonds. The number of hydrogen-bond donors (Lipinski definition) is 1. The fourth-order valence-electron chi connectivity index (χ4n) is 1.91. The molecule has 1 aromatic carbocycles. The lowest BCUT2D eigenvalue weighted by molar-refractivity contribution is 0.0671. The number of aromatic hydroxyl groups is 1. The van der Waals surface area contributed by atoms with Gasteiger partial charge in [-0.1, -0.05) is 0 Å². The van der Waals surface area contributed by atoms with Gasteiger partial charge in [0.2, 0.25) is 0 Å². The summed E-state index contributed by atoms with van der Waals surface area (Å²) in [4.78, 5) is 14.1. The van der Waals surface area contributed by atoms with Crippen LogP contribution in [0.5, 0.6) is 11.5 Å².